The van der Waals surface area contributed by atoms with Gasteiger partial charge in [-0.2, -0.15) is 0 Å². The Hall–Kier alpha value is -1.59. The van der Waals surface area contributed by atoms with Crippen LogP contribution < -0.4 is 10.6 Å². The predicted octanol–water partition coefficient (Wildman–Crippen LogP) is 1.50. The molecule has 0 radical (unpaired) electrons. The Kier molecular flexibility index (Phi) is 6.42. The third kappa shape index (κ3) is 4.45. The van der Waals surface area contributed by atoms with Crippen molar-refractivity contribution in [2.45, 2.75) is 25.3 Å². The van der Waals surface area contributed by atoms with Gasteiger partial charge in [0, 0.05) is 26.1 Å². The molecular weight excluding hydrogens is 314 g/mol. The predicted molar refractivity (Wildman–Crippen MR) is 91.4 cm³/mol. The number of rotatable bonds is 5. The molecule has 2 atom stereocenters. The van der Waals surface area contributed by atoms with E-state index < -0.39 is 0 Å². The molecule has 2 aliphatic rings. The minimum absolute atomic E-state index is 0. The van der Waals surface area contributed by atoms with Crippen molar-refractivity contribution in [1.29, 1.82) is 0 Å². The maximum absolute atomic E-state index is 12.4. The summed E-state index contributed by atoms with van der Waals surface area (Å²) in [6, 6.07) is 9.80. The maximum Gasteiger partial charge on any atom is 0.224 e. The Balaban J connectivity index is 0.00000192. The number of nitrogens with one attached hydrogen (secondary N) is 2. The van der Waals surface area contributed by atoms with E-state index in [1.54, 1.807) is 0 Å². The van der Waals surface area contributed by atoms with Crippen LogP contribution in [0.1, 0.15) is 30.9 Å². The van der Waals surface area contributed by atoms with Gasteiger partial charge < -0.3 is 15.5 Å². The molecule has 0 aromatic heterocycles. The number of carbonyl (C=O) groups is 2. The standard InChI is InChI=1S/C17H23N3O2.ClH/c21-16-7-4-10-20(16)12-15(13-5-2-1-3-6-13)19-17(22)14-8-9-18-11-14;/h1-3,5-6,14-15,18H,4,7-12H2,(H,19,22);1H. The summed E-state index contributed by atoms with van der Waals surface area (Å²) in [6.07, 6.45) is 2.43. The molecule has 2 N–H and O–H groups in total. The Bertz CT molecular complexity index is 532. The Morgan fingerprint density at radius 1 is 1.35 bits per heavy atom. The van der Waals surface area contributed by atoms with Crippen LogP contribution in [-0.4, -0.2) is 42.9 Å². The molecule has 0 aliphatic carbocycles. The number of carbonyl (C=O) groups excluding carboxylic acids is 2. The highest BCUT2D eigenvalue weighted by Crippen LogP contribution is 2.20. The van der Waals surface area contributed by atoms with Crippen LogP contribution >= 0.6 is 12.4 Å². The number of likely N-dealkylation sites (tertiary alicyclic amines) is 1. The van der Waals surface area contributed by atoms with E-state index in [0.29, 0.717) is 13.0 Å². The van der Waals surface area contributed by atoms with Crippen LogP contribution in [0, 0.1) is 5.92 Å². The Labute approximate surface area is 143 Å². The fourth-order valence-electron chi connectivity index (χ4n) is 3.21. The average Bonchev–Trinajstić information content (AvgIpc) is 3.20. The van der Waals surface area contributed by atoms with Gasteiger partial charge in [-0.3, -0.25) is 9.59 Å². The first kappa shape index (κ1) is 17.8. The molecule has 2 heterocycles. The average molecular weight is 338 g/mol. The van der Waals surface area contributed by atoms with Crippen LogP contribution in [0.2, 0.25) is 0 Å². The zero-order chi connectivity index (χ0) is 15.4. The molecule has 1 aromatic carbocycles. The molecule has 2 fully saturated rings. The first-order valence-electron chi connectivity index (χ1n) is 8.08. The van der Waals surface area contributed by atoms with Gasteiger partial charge in [-0.15, -0.1) is 12.4 Å². The molecule has 1 aromatic rings. The lowest BCUT2D eigenvalue weighted by atomic mass is 10.0. The quantitative estimate of drug-likeness (QED) is 0.856. The summed E-state index contributed by atoms with van der Waals surface area (Å²) < 4.78 is 0. The molecule has 126 valence electrons. The van der Waals surface area contributed by atoms with Gasteiger partial charge in [0.25, 0.3) is 0 Å². The maximum atomic E-state index is 12.4. The number of nitrogens with zero attached hydrogens (tertiary/aromatic N) is 1. The van der Waals surface area contributed by atoms with E-state index in [4.69, 9.17) is 0 Å². The molecule has 2 amide bonds. The van der Waals surface area contributed by atoms with Gasteiger partial charge >= 0.3 is 0 Å². The van der Waals surface area contributed by atoms with Crippen molar-refractivity contribution in [1.82, 2.24) is 15.5 Å². The van der Waals surface area contributed by atoms with Gasteiger partial charge in [-0.05, 0) is 24.9 Å². The summed E-state index contributed by atoms with van der Waals surface area (Å²) in [5.74, 6) is 0.323. The third-order valence-corrected chi connectivity index (χ3v) is 4.52. The molecule has 0 saturated carbocycles. The summed E-state index contributed by atoms with van der Waals surface area (Å²) in [4.78, 5) is 26.2. The van der Waals surface area contributed by atoms with E-state index in [-0.39, 0.29) is 36.2 Å². The fourth-order valence-corrected chi connectivity index (χ4v) is 3.21. The van der Waals surface area contributed by atoms with E-state index in [9.17, 15) is 9.59 Å². The zero-order valence-electron chi connectivity index (χ0n) is 13.2. The number of hydrogen-bond acceptors (Lipinski definition) is 3. The van der Waals surface area contributed by atoms with Gasteiger partial charge in [0.1, 0.15) is 0 Å². The van der Waals surface area contributed by atoms with Crippen molar-refractivity contribution in [2.75, 3.05) is 26.2 Å². The molecule has 5 nitrogen and oxygen atoms in total. The fraction of sp³-hybridized carbons (Fsp3) is 0.529. The number of hydrogen-bond donors (Lipinski definition) is 2. The van der Waals surface area contributed by atoms with Crippen molar-refractivity contribution in [3.8, 4) is 0 Å². The summed E-state index contributed by atoms with van der Waals surface area (Å²) >= 11 is 0. The minimum Gasteiger partial charge on any atom is -0.347 e. The molecular formula is C17H24ClN3O2. The van der Waals surface area contributed by atoms with Gasteiger partial charge in [-0.1, -0.05) is 30.3 Å². The second kappa shape index (κ2) is 8.31. The minimum atomic E-state index is -0.128. The summed E-state index contributed by atoms with van der Waals surface area (Å²) in [5, 5.41) is 6.37. The number of benzene rings is 1. The van der Waals surface area contributed by atoms with E-state index in [2.05, 4.69) is 10.6 Å². The van der Waals surface area contributed by atoms with Crippen molar-refractivity contribution in [2.24, 2.45) is 5.92 Å². The summed E-state index contributed by atoms with van der Waals surface area (Å²) in [5.41, 5.74) is 1.06. The number of halogens is 1. The Morgan fingerprint density at radius 2 is 2.13 bits per heavy atom. The van der Waals surface area contributed by atoms with Gasteiger partial charge in [0.15, 0.2) is 0 Å². The molecule has 2 aliphatic heterocycles. The van der Waals surface area contributed by atoms with Crippen LogP contribution in [0.3, 0.4) is 0 Å². The Morgan fingerprint density at radius 3 is 2.74 bits per heavy atom. The molecule has 3 rings (SSSR count). The van der Waals surface area contributed by atoms with Gasteiger partial charge in [0.05, 0.1) is 12.0 Å². The lowest BCUT2D eigenvalue weighted by Crippen LogP contribution is -2.41. The highest BCUT2D eigenvalue weighted by molar-refractivity contribution is 5.85. The van der Waals surface area contributed by atoms with Crippen LogP contribution in [0.15, 0.2) is 30.3 Å². The highest BCUT2D eigenvalue weighted by atomic mass is 35.5. The van der Waals surface area contributed by atoms with Crippen molar-refractivity contribution < 1.29 is 9.59 Å². The van der Waals surface area contributed by atoms with E-state index in [1.807, 2.05) is 35.2 Å². The first-order chi connectivity index (χ1) is 10.7. The van der Waals surface area contributed by atoms with E-state index in [0.717, 1.165) is 38.0 Å². The van der Waals surface area contributed by atoms with Crippen LogP contribution in [0.25, 0.3) is 0 Å². The summed E-state index contributed by atoms with van der Waals surface area (Å²) in [7, 11) is 0. The molecule has 23 heavy (non-hydrogen) atoms. The second-order valence-electron chi connectivity index (χ2n) is 6.10. The van der Waals surface area contributed by atoms with Gasteiger partial charge in [0.2, 0.25) is 11.8 Å². The van der Waals surface area contributed by atoms with Crippen molar-refractivity contribution >= 4 is 24.2 Å². The smallest absolute Gasteiger partial charge is 0.224 e. The zero-order valence-corrected chi connectivity index (χ0v) is 14.0. The summed E-state index contributed by atoms with van der Waals surface area (Å²) in [6.45, 7) is 3.01. The van der Waals surface area contributed by atoms with Crippen LogP contribution in [0.5, 0.6) is 0 Å². The molecule has 2 saturated heterocycles. The lowest BCUT2D eigenvalue weighted by molar-refractivity contribution is -0.130. The van der Waals surface area contributed by atoms with Crippen LogP contribution in [-0.2, 0) is 9.59 Å². The van der Waals surface area contributed by atoms with Crippen molar-refractivity contribution in [3.05, 3.63) is 35.9 Å². The molecule has 6 heteroatoms. The first-order valence-corrected chi connectivity index (χ1v) is 8.08. The molecule has 0 spiro atoms. The topological polar surface area (TPSA) is 61.4 Å². The van der Waals surface area contributed by atoms with E-state index in [1.165, 1.54) is 0 Å². The molecule has 0 bridgehead atoms. The van der Waals surface area contributed by atoms with E-state index >= 15 is 0 Å². The monoisotopic (exact) mass is 337 g/mol. The van der Waals surface area contributed by atoms with Crippen LogP contribution in [0.4, 0.5) is 0 Å². The molecule has 2 unspecified atom stereocenters. The van der Waals surface area contributed by atoms with Crippen molar-refractivity contribution in [3.63, 3.8) is 0 Å². The SMILES string of the molecule is Cl.O=C(NC(CN1CCCC1=O)c1ccccc1)C1CCNC1. The number of amides is 2. The lowest BCUT2D eigenvalue weighted by Gasteiger charge is -2.26. The third-order valence-electron chi connectivity index (χ3n) is 4.52. The highest BCUT2D eigenvalue weighted by Gasteiger charge is 2.28. The second-order valence-corrected chi connectivity index (χ2v) is 6.10. The normalized spacial score (nSPS) is 21.8. The largest absolute Gasteiger partial charge is 0.347 e. The van der Waals surface area contributed by atoms with Gasteiger partial charge in [-0.25, -0.2) is 0 Å².